The molecule has 9 aromatic rings. The van der Waals surface area contributed by atoms with Gasteiger partial charge >= 0.3 is 0 Å². The molecule has 0 amide bonds. The van der Waals surface area contributed by atoms with Crippen molar-refractivity contribution in [1.82, 2.24) is 0 Å². The monoisotopic (exact) mass is 751 g/mol. The highest BCUT2D eigenvalue weighted by molar-refractivity contribution is 7.26. The van der Waals surface area contributed by atoms with E-state index >= 15 is 0 Å². The molecule has 0 bridgehead atoms. The van der Waals surface area contributed by atoms with Crippen LogP contribution >= 0.6 is 11.3 Å². The van der Waals surface area contributed by atoms with E-state index in [1.54, 1.807) is 0 Å². The summed E-state index contributed by atoms with van der Waals surface area (Å²) in [6, 6.07) is 64.1. The molecule has 2 heteroatoms. The molecule has 0 atom stereocenters. The standard InChI is InChI=1S/C55H45NS/c1-55(2)47-24-9-6-19-42(47)43-34-31-39(35-48(43)55)36-29-32-40(33-30-36)56(50-26-14-28-52-54(50)46-21-8-11-27-51(46)57-52)49-25-10-7-20-44(49)45-23-13-18-38-17-12-22-41(53(38)45)37-15-4-3-5-16-37/h6-14,17-35,37H,3-5,15-16H2,1-2H3. The van der Waals surface area contributed by atoms with Gasteiger partial charge in [0.1, 0.15) is 0 Å². The van der Waals surface area contributed by atoms with E-state index in [0.29, 0.717) is 5.92 Å². The third kappa shape index (κ3) is 5.57. The Morgan fingerprint density at radius 3 is 2.00 bits per heavy atom. The van der Waals surface area contributed by atoms with Gasteiger partial charge in [-0.25, -0.2) is 0 Å². The van der Waals surface area contributed by atoms with Crippen LogP contribution in [0.5, 0.6) is 0 Å². The van der Waals surface area contributed by atoms with Crippen LogP contribution in [0.4, 0.5) is 17.1 Å². The van der Waals surface area contributed by atoms with Gasteiger partial charge in [-0.05, 0) is 117 Å². The highest BCUT2D eigenvalue weighted by Gasteiger charge is 2.35. The summed E-state index contributed by atoms with van der Waals surface area (Å²) in [6.45, 7) is 4.73. The van der Waals surface area contributed by atoms with Gasteiger partial charge in [-0.2, -0.15) is 0 Å². The highest BCUT2D eigenvalue weighted by atomic mass is 32.1. The summed E-state index contributed by atoms with van der Waals surface area (Å²) in [5.41, 5.74) is 15.6. The Labute approximate surface area is 339 Å². The van der Waals surface area contributed by atoms with Gasteiger partial charge in [0.25, 0.3) is 0 Å². The molecule has 1 aromatic heterocycles. The van der Waals surface area contributed by atoms with Gasteiger partial charge in [0.2, 0.25) is 0 Å². The molecule has 57 heavy (non-hydrogen) atoms. The van der Waals surface area contributed by atoms with Crippen LogP contribution in [0.2, 0.25) is 0 Å². The van der Waals surface area contributed by atoms with E-state index in [0.717, 1.165) is 5.69 Å². The van der Waals surface area contributed by atoms with Gasteiger partial charge in [-0.3, -0.25) is 0 Å². The summed E-state index contributed by atoms with van der Waals surface area (Å²) in [5.74, 6) is 0.601. The van der Waals surface area contributed by atoms with E-state index in [1.165, 1.54) is 124 Å². The van der Waals surface area contributed by atoms with E-state index in [2.05, 4.69) is 189 Å². The highest BCUT2D eigenvalue weighted by Crippen LogP contribution is 2.51. The zero-order valence-corrected chi connectivity index (χ0v) is 33.5. The van der Waals surface area contributed by atoms with Crippen molar-refractivity contribution in [1.29, 1.82) is 0 Å². The Kier molecular flexibility index (Phi) is 8.19. The number of para-hydroxylation sites is 1. The maximum absolute atomic E-state index is 2.53. The molecule has 2 aliphatic rings. The van der Waals surface area contributed by atoms with Gasteiger partial charge in [0.05, 0.1) is 11.4 Å². The normalized spacial score (nSPS) is 14.9. The fraction of sp³-hybridized carbons (Fsp3) is 0.164. The van der Waals surface area contributed by atoms with Crippen LogP contribution in [0.1, 0.15) is 68.6 Å². The molecule has 276 valence electrons. The molecule has 0 saturated heterocycles. The number of hydrogen-bond acceptors (Lipinski definition) is 2. The van der Waals surface area contributed by atoms with Gasteiger partial charge in [-0.1, -0.05) is 161 Å². The summed E-state index contributed by atoms with van der Waals surface area (Å²) in [5, 5.41) is 5.35. The van der Waals surface area contributed by atoms with E-state index in [9.17, 15) is 0 Å². The molecule has 1 nitrogen and oxygen atoms in total. The number of hydrogen-bond donors (Lipinski definition) is 0. The van der Waals surface area contributed by atoms with E-state index in [4.69, 9.17) is 0 Å². The zero-order valence-electron chi connectivity index (χ0n) is 32.6. The van der Waals surface area contributed by atoms with Crippen LogP contribution in [0.25, 0.3) is 64.3 Å². The van der Waals surface area contributed by atoms with Crippen LogP contribution in [-0.2, 0) is 5.41 Å². The van der Waals surface area contributed by atoms with Crippen LogP contribution in [0.15, 0.2) is 170 Å². The van der Waals surface area contributed by atoms with E-state index < -0.39 is 0 Å². The Balaban J connectivity index is 1.10. The van der Waals surface area contributed by atoms with Crippen LogP contribution < -0.4 is 4.90 Å². The SMILES string of the molecule is CC1(C)c2ccccc2-c2ccc(-c3ccc(N(c4ccccc4-c4cccc5cccc(C6CCCCC6)c45)c4cccc5sc6ccccc6c45)cc3)cc21. The fourth-order valence-corrected chi connectivity index (χ4v) is 11.4. The third-order valence-corrected chi connectivity index (χ3v) is 14.2. The maximum atomic E-state index is 2.53. The van der Waals surface area contributed by atoms with Crippen molar-refractivity contribution in [2.24, 2.45) is 0 Å². The first kappa shape index (κ1) is 34.3. The van der Waals surface area contributed by atoms with Crippen molar-refractivity contribution in [2.45, 2.75) is 57.3 Å². The van der Waals surface area contributed by atoms with E-state index in [-0.39, 0.29) is 5.41 Å². The summed E-state index contributed by atoms with van der Waals surface area (Å²) in [4.78, 5) is 2.53. The molecule has 0 radical (unpaired) electrons. The molecular weight excluding hydrogens is 707 g/mol. The Hall–Kier alpha value is -5.96. The molecule has 0 N–H and O–H groups in total. The quantitative estimate of drug-likeness (QED) is 0.164. The molecule has 1 heterocycles. The van der Waals surface area contributed by atoms with Crippen molar-refractivity contribution >= 4 is 59.3 Å². The first-order valence-corrected chi connectivity index (χ1v) is 21.5. The number of benzene rings is 8. The fourth-order valence-electron chi connectivity index (χ4n) is 10.3. The molecule has 0 spiro atoms. The van der Waals surface area contributed by atoms with Gasteiger partial charge < -0.3 is 4.90 Å². The number of rotatable bonds is 6. The molecule has 0 unspecified atom stereocenters. The molecule has 1 fully saturated rings. The Morgan fingerprint density at radius 2 is 1.14 bits per heavy atom. The maximum Gasteiger partial charge on any atom is 0.0555 e. The van der Waals surface area contributed by atoms with Gasteiger partial charge in [0, 0.05) is 36.8 Å². The van der Waals surface area contributed by atoms with Crippen molar-refractivity contribution < 1.29 is 0 Å². The summed E-state index contributed by atoms with van der Waals surface area (Å²) >= 11 is 1.88. The molecule has 0 aliphatic heterocycles. The van der Waals surface area contributed by atoms with Crippen LogP contribution in [-0.4, -0.2) is 0 Å². The summed E-state index contributed by atoms with van der Waals surface area (Å²) in [6.07, 6.45) is 6.54. The molecular formula is C55H45NS. The predicted molar refractivity (Wildman–Crippen MR) is 246 cm³/mol. The lowest BCUT2D eigenvalue weighted by Gasteiger charge is -2.30. The Morgan fingerprint density at radius 1 is 0.491 bits per heavy atom. The second kappa shape index (κ2) is 13.6. The first-order valence-electron chi connectivity index (χ1n) is 20.7. The minimum atomic E-state index is -0.0389. The number of fused-ring (bicyclic) bond motifs is 7. The average molecular weight is 752 g/mol. The van der Waals surface area contributed by atoms with E-state index in [1.807, 2.05) is 11.3 Å². The number of anilines is 3. The Bertz CT molecular complexity index is 2970. The number of nitrogens with zero attached hydrogens (tertiary/aromatic N) is 1. The van der Waals surface area contributed by atoms with Crippen LogP contribution in [0, 0.1) is 0 Å². The lowest BCUT2D eigenvalue weighted by molar-refractivity contribution is 0.445. The van der Waals surface area contributed by atoms with Gasteiger partial charge in [0.15, 0.2) is 0 Å². The average Bonchev–Trinajstić information content (AvgIpc) is 3.76. The second-order valence-electron chi connectivity index (χ2n) is 16.7. The third-order valence-electron chi connectivity index (χ3n) is 13.1. The summed E-state index contributed by atoms with van der Waals surface area (Å²) < 4.78 is 2.62. The minimum absolute atomic E-state index is 0.0389. The smallest absolute Gasteiger partial charge is 0.0555 e. The van der Waals surface area contributed by atoms with Crippen LogP contribution in [0.3, 0.4) is 0 Å². The second-order valence-corrected chi connectivity index (χ2v) is 17.7. The predicted octanol–water partition coefficient (Wildman–Crippen LogP) is 16.4. The first-order chi connectivity index (χ1) is 28.0. The lowest BCUT2D eigenvalue weighted by Crippen LogP contribution is -2.14. The lowest BCUT2D eigenvalue weighted by atomic mass is 9.80. The number of thiophene rings is 1. The van der Waals surface area contributed by atoms with Crippen molar-refractivity contribution in [3.05, 3.63) is 187 Å². The topological polar surface area (TPSA) is 3.24 Å². The minimum Gasteiger partial charge on any atom is -0.309 e. The van der Waals surface area contributed by atoms with Crippen molar-refractivity contribution in [2.75, 3.05) is 4.90 Å². The molecule has 8 aromatic carbocycles. The van der Waals surface area contributed by atoms with Crippen molar-refractivity contribution in [3.8, 4) is 33.4 Å². The molecule has 11 rings (SSSR count). The molecule has 1 saturated carbocycles. The van der Waals surface area contributed by atoms with Crippen molar-refractivity contribution in [3.63, 3.8) is 0 Å². The summed E-state index contributed by atoms with van der Waals surface area (Å²) in [7, 11) is 0. The molecule has 2 aliphatic carbocycles. The zero-order chi connectivity index (χ0) is 38.1. The largest absolute Gasteiger partial charge is 0.309 e. The van der Waals surface area contributed by atoms with Gasteiger partial charge in [-0.15, -0.1) is 11.3 Å².